The lowest BCUT2D eigenvalue weighted by atomic mass is 9.85. The lowest BCUT2D eigenvalue weighted by Crippen LogP contribution is -2.22. The SMILES string of the molecule is CCCNCc1ccc(COC2CCCC(CC)C2)nc1. The first-order chi connectivity index (χ1) is 10.3. The van der Waals surface area contributed by atoms with Crippen LogP contribution in [0.2, 0.25) is 0 Å². The van der Waals surface area contributed by atoms with Crippen molar-refractivity contribution in [3.63, 3.8) is 0 Å². The molecule has 1 fully saturated rings. The number of ether oxygens (including phenoxy) is 1. The van der Waals surface area contributed by atoms with Gasteiger partial charge in [0.15, 0.2) is 0 Å². The summed E-state index contributed by atoms with van der Waals surface area (Å²) in [6, 6.07) is 4.26. The van der Waals surface area contributed by atoms with Crippen molar-refractivity contribution in [2.24, 2.45) is 5.92 Å². The Hall–Kier alpha value is -0.930. The summed E-state index contributed by atoms with van der Waals surface area (Å²) in [4.78, 5) is 4.52. The molecule has 0 amide bonds. The summed E-state index contributed by atoms with van der Waals surface area (Å²) in [7, 11) is 0. The standard InChI is InChI=1S/C18H30N2O/c1-3-10-19-12-16-8-9-17(20-13-16)14-21-18-7-5-6-15(4-2)11-18/h8-9,13,15,18-19H,3-7,10-12,14H2,1-2H3. The van der Waals surface area contributed by atoms with Crippen molar-refractivity contribution in [3.05, 3.63) is 29.6 Å². The molecule has 21 heavy (non-hydrogen) atoms. The third-order valence-electron chi connectivity index (χ3n) is 4.42. The molecule has 0 radical (unpaired) electrons. The maximum absolute atomic E-state index is 6.06. The molecule has 118 valence electrons. The second-order valence-electron chi connectivity index (χ2n) is 6.21. The molecule has 2 unspecified atom stereocenters. The van der Waals surface area contributed by atoms with Crippen molar-refractivity contribution >= 4 is 0 Å². The first kappa shape index (κ1) is 16.4. The maximum Gasteiger partial charge on any atom is 0.0891 e. The van der Waals surface area contributed by atoms with Crippen LogP contribution in [0.5, 0.6) is 0 Å². The number of hydrogen-bond donors (Lipinski definition) is 1. The van der Waals surface area contributed by atoms with Gasteiger partial charge in [0.2, 0.25) is 0 Å². The highest BCUT2D eigenvalue weighted by atomic mass is 16.5. The van der Waals surface area contributed by atoms with E-state index in [2.05, 4.69) is 36.3 Å². The minimum atomic E-state index is 0.441. The van der Waals surface area contributed by atoms with Gasteiger partial charge in [-0.1, -0.05) is 39.2 Å². The van der Waals surface area contributed by atoms with Crippen LogP contribution in [0.4, 0.5) is 0 Å². The molecule has 1 heterocycles. The van der Waals surface area contributed by atoms with E-state index in [1.807, 2.05) is 6.20 Å². The van der Waals surface area contributed by atoms with E-state index in [0.717, 1.165) is 24.7 Å². The predicted octanol–water partition coefficient (Wildman–Crippen LogP) is 4.07. The highest BCUT2D eigenvalue weighted by molar-refractivity contribution is 5.13. The minimum Gasteiger partial charge on any atom is -0.372 e. The Morgan fingerprint density at radius 1 is 1.29 bits per heavy atom. The molecular weight excluding hydrogens is 260 g/mol. The molecule has 1 aliphatic rings. The van der Waals surface area contributed by atoms with E-state index in [1.54, 1.807) is 0 Å². The fraction of sp³-hybridized carbons (Fsp3) is 0.722. The molecule has 1 N–H and O–H groups in total. The Labute approximate surface area is 129 Å². The molecule has 1 aromatic rings. The lowest BCUT2D eigenvalue weighted by Gasteiger charge is -2.28. The van der Waals surface area contributed by atoms with Crippen LogP contribution in [0.15, 0.2) is 18.3 Å². The molecule has 2 rings (SSSR count). The van der Waals surface area contributed by atoms with Crippen LogP contribution in [-0.4, -0.2) is 17.6 Å². The van der Waals surface area contributed by atoms with Crippen LogP contribution in [0.3, 0.4) is 0 Å². The van der Waals surface area contributed by atoms with Gasteiger partial charge in [-0.2, -0.15) is 0 Å². The van der Waals surface area contributed by atoms with Gasteiger partial charge in [-0.3, -0.25) is 4.98 Å². The summed E-state index contributed by atoms with van der Waals surface area (Å²) >= 11 is 0. The molecule has 0 saturated heterocycles. The van der Waals surface area contributed by atoms with E-state index in [9.17, 15) is 0 Å². The highest BCUT2D eigenvalue weighted by Crippen LogP contribution is 2.28. The first-order valence-electron chi connectivity index (χ1n) is 8.58. The average Bonchev–Trinajstić information content (AvgIpc) is 2.54. The quantitative estimate of drug-likeness (QED) is 0.733. The summed E-state index contributed by atoms with van der Waals surface area (Å²) in [5.41, 5.74) is 2.30. The van der Waals surface area contributed by atoms with Gasteiger partial charge in [0.25, 0.3) is 0 Å². The maximum atomic E-state index is 6.06. The van der Waals surface area contributed by atoms with Crippen LogP contribution in [0.25, 0.3) is 0 Å². The fourth-order valence-corrected chi connectivity index (χ4v) is 3.02. The van der Waals surface area contributed by atoms with E-state index >= 15 is 0 Å². The number of nitrogens with one attached hydrogen (secondary N) is 1. The lowest BCUT2D eigenvalue weighted by molar-refractivity contribution is 0.000342. The van der Waals surface area contributed by atoms with Crippen molar-refractivity contribution in [2.45, 2.75) is 71.6 Å². The Morgan fingerprint density at radius 3 is 2.90 bits per heavy atom. The monoisotopic (exact) mass is 290 g/mol. The fourth-order valence-electron chi connectivity index (χ4n) is 3.02. The topological polar surface area (TPSA) is 34.1 Å². The second-order valence-corrected chi connectivity index (χ2v) is 6.21. The Kier molecular flexibility index (Phi) is 7.17. The van der Waals surface area contributed by atoms with E-state index in [0.29, 0.717) is 12.7 Å². The molecule has 3 nitrogen and oxygen atoms in total. The van der Waals surface area contributed by atoms with Crippen molar-refractivity contribution in [1.82, 2.24) is 10.3 Å². The number of pyridine rings is 1. The van der Waals surface area contributed by atoms with Crippen molar-refractivity contribution in [1.29, 1.82) is 0 Å². The summed E-state index contributed by atoms with van der Waals surface area (Å²) < 4.78 is 6.06. The zero-order valence-corrected chi connectivity index (χ0v) is 13.6. The van der Waals surface area contributed by atoms with E-state index in [4.69, 9.17) is 4.74 Å². The predicted molar refractivity (Wildman–Crippen MR) is 87.1 cm³/mol. The van der Waals surface area contributed by atoms with E-state index in [1.165, 1.54) is 44.1 Å². The summed E-state index contributed by atoms with van der Waals surface area (Å²) in [6.07, 6.45) is 10.0. The molecule has 2 atom stereocenters. The smallest absolute Gasteiger partial charge is 0.0891 e. The molecule has 1 aliphatic carbocycles. The van der Waals surface area contributed by atoms with Gasteiger partial charge in [0.05, 0.1) is 18.4 Å². The minimum absolute atomic E-state index is 0.441. The van der Waals surface area contributed by atoms with Gasteiger partial charge in [-0.25, -0.2) is 0 Å². The van der Waals surface area contributed by atoms with Gasteiger partial charge in [0.1, 0.15) is 0 Å². The van der Waals surface area contributed by atoms with E-state index < -0.39 is 0 Å². The van der Waals surface area contributed by atoms with Crippen molar-refractivity contribution in [2.75, 3.05) is 6.54 Å². The van der Waals surface area contributed by atoms with Crippen molar-refractivity contribution < 1.29 is 4.74 Å². The number of rotatable bonds is 8. The normalized spacial score (nSPS) is 22.4. The number of hydrogen-bond acceptors (Lipinski definition) is 3. The average molecular weight is 290 g/mol. The molecule has 0 spiro atoms. The number of aromatic nitrogens is 1. The summed E-state index contributed by atoms with van der Waals surface area (Å²) in [6.45, 7) is 7.09. The zero-order valence-electron chi connectivity index (χ0n) is 13.6. The van der Waals surface area contributed by atoms with Gasteiger partial charge < -0.3 is 10.1 Å². The van der Waals surface area contributed by atoms with Crippen LogP contribution >= 0.6 is 0 Å². The zero-order chi connectivity index (χ0) is 14.9. The Balaban J connectivity index is 1.73. The van der Waals surface area contributed by atoms with Crippen molar-refractivity contribution in [3.8, 4) is 0 Å². The highest BCUT2D eigenvalue weighted by Gasteiger charge is 2.21. The summed E-state index contributed by atoms with van der Waals surface area (Å²) in [5, 5.41) is 3.39. The van der Waals surface area contributed by atoms with Gasteiger partial charge in [0, 0.05) is 12.7 Å². The Bertz CT molecular complexity index is 391. The largest absolute Gasteiger partial charge is 0.372 e. The van der Waals surface area contributed by atoms with Crippen LogP contribution in [0.1, 0.15) is 63.6 Å². The van der Waals surface area contributed by atoms with E-state index in [-0.39, 0.29) is 0 Å². The molecule has 0 aliphatic heterocycles. The first-order valence-corrected chi connectivity index (χ1v) is 8.58. The summed E-state index contributed by atoms with van der Waals surface area (Å²) in [5.74, 6) is 0.865. The molecule has 3 heteroatoms. The van der Waals surface area contributed by atoms with Gasteiger partial charge >= 0.3 is 0 Å². The third kappa shape index (κ3) is 5.76. The van der Waals surface area contributed by atoms with Gasteiger partial charge in [-0.05, 0) is 43.4 Å². The third-order valence-corrected chi connectivity index (χ3v) is 4.42. The second kappa shape index (κ2) is 9.16. The van der Waals surface area contributed by atoms with Crippen LogP contribution in [0, 0.1) is 5.92 Å². The van der Waals surface area contributed by atoms with Crippen LogP contribution < -0.4 is 5.32 Å². The number of nitrogens with zero attached hydrogens (tertiary/aromatic N) is 1. The van der Waals surface area contributed by atoms with Crippen LogP contribution in [-0.2, 0) is 17.9 Å². The molecule has 0 bridgehead atoms. The molecule has 1 saturated carbocycles. The molecular formula is C18H30N2O. The van der Waals surface area contributed by atoms with Gasteiger partial charge in [-0.15, -0.1) is 0 Å². The molecule has 1 aromatic heterocycles. The molecule has 0 aromatic carbocycles. The Morgan fingerprint density at radius 2 is 2.19 bits per heavy atom.